The van der Waals surface area contributed by atoms with Gasteiger partial charge in [0, 0.05) is 6.54 Å². The predicted octanol–water partition coefficient (Wildman–Crippen LogP) is 5.53. The Hall–Kier alpha value is -3.75. The second kappa shape index (κ2) is 8.89. The van der Waals surface area contributed by atoms with Crippen LogP contribution in [0.4, 0.5) is 5.88 Å². The summed E-state index contributed by atoms with van der Waals surface area (Å²) >= 11 is 0. The smallest absolute Gasteiger partial charge is 0.397 e. The van der Waals surface area contributed by atoms with Crippen LogP contribution in [-0.2, 0) is 13.0 Å². The first kappa shape index (κ1) is 22.1. The second-order valence-electron chi connectivity index (χ2n) is 9.31. The SMILES string of the molecule is CC(C)Cc1nc2cc3c(cc2[nH]c1=O)nc(-c1ccc([N+](=O)[O-])o1)n3CCC1=CCCCC1. The third kappa shape index (κ3) is 4.25. The first-order valence-electron chi connectivity index (χ1n) is 11.7. The van der Waals surface area contributed by atoms with Gasteiger partial charge in [0.25, 0.3) is 5.56 Å². The number of aryl methyl sites for hydroxylation is 1. The zero-order valence-electron chi connectivity index (χ0n) is 19.3. The van der Waals surface area contributed by atoms with Crippen LogP contribution in [0.25, 0.3) is 33.7 Å². The van der Waals surface area contributed by atoms with E-state index in [-0.39, 0.29) is 11.4 Å². The zero-order chi connectivity index (χ0) is 23.8. The summed E-state index contributed by atoms with van der Waals surface area (Å²) in [6, 6.07) is 6.68. The molecule has 5 rings (SSSR count). The molecule has 0 unspecified atom stereocenters. The lowest BCUT2D eigenvalue weighted by Crippen LogP contribution is -2.17. The number of hydrogen-bond acceptors (Lipinski definition) is 6. The van der Waals surface area contributed by atoms with E-state index in [0.29, 0.717) is 52.7 Å². The molecule has 1 aliphatic rings. The van der Waals surface area contributed by atoms with Crippen molar-refractivity contribution in [1.29, 1.82) is 0 Å². The van der Waals surface area contributed by atoms with Gasteiger partial charge in [0.05, 0.1) is 28.1 Å². The summed E-state index contributed by atoms with van der Waals surface area (Å²) in [6.45, 7) is 4.77. The van der Waals surface area contributed by atoms with Crippen LogP contribution >= 0.6 is 0 Å². The third-order valence-electron chi connectivity index (χ3n) is 6.27. The Morgan fingerprint density at radius 3 is 2.76 bits per heavy atom. The molecule has 9 nitrogen and oxygen atoms in total. The molecule has 0 amide bonds. The fourth-order valence-corrected chi connectivity index (χ4v) is 4.62. The number of aromatic nitrogens is 4. The van der Waals surface area contributed by atoms with E-state index in [4.69, 9.17) is 9.40 Å². The highest BCUT2D eigenvalue weighted by Gasteiger charge is 2.21. The van der Waals surface area contributed by atoms with Crippen molar-refractivity contribution >= 4 is 28.0 Å². The molecule has 176 valence electrons. The number of aromatic amines is 1. The van der Waals surface area contributed by atoms with Crippen LogP contribution in [0.5, 0.6) is 0 Å². The quantitative estimate of drug-likeness (QED) is 0.219. The minimum atomic E-state index is -0.553. The molecule has 1 N–H and O–H groups in total. The summed E-state index contributed by atoms with van der Waals surface area (Å²) < 4.78 is 7.55. The van der Waals surface area contributed by atoms with Gasteiger partial charge in [-0.3, -0.25) is 14.9 Å². The van der Waals surface area contributed by atoms with Crippen LogP contribution in [0.1, 0.15) is 51.6 Å². The summed E-state index contributed by atoms with van der Waals surface area (Å²) in [6.07, 6.45) is 8.42. The van der Waals surface area contributed by atoms with E-state index < -0.39 is 4.92 Å². The number of furan rings is 1. The number of benzene rings is 1. The van der Waals surface area contributed by atoms with Crippen LogP contribution in [0.2, 0.25) is 0 Å². The van der Waals surface area contributed by atoms with Crippen LogP contribution in [0, 0.1) is 16.0 Å². The standard InChI is InChI=1S/C25H27N5O4/c1-15(2)12-20-25(31)28-17-13-19-21(14-18(17)26-20)29(11-10-16-6-4-3-5-7-16)24(27-19)22-8-9-23(34-22)30(32)33/h6,8-9,13-15H,3-5,7,10-12H2,1-2H3,(H,28,31). The molecule has 0 saturated carbocycles. The van der Waals surface area contributed by atoms with E-state index >= 15 is 0 Å². The number of nitrogens with one attached hydrogen (secondary N) is 1. The van der Waals surface area contributed by atoms with Gasteiger partial charge in [0.1, 0.15) is 10.6 Å². The zero-order valence-corrected chi connectivity index (χ0v) is 19.3. The van der Waals surface area contributed by atoms with Gasteiger partial charge < -0.3 is 14.0 Å². The number of allylic oxidation sites excluding steroid dienone is 2. The fourth-order valence-electron chi connectivity index (χ4n) is 4.62. The van der Waals surface area contributed by atoms with E-state index in [9.17, 15) is 14.9 Å². The second-order valence-corrected chi connectivity index (χ2v) is 9.31. The molecule has 0 bridgehead atoms. The average Bonchev–Trinajstić information content (AvgIpc) is 3.42. The summed E-state index contributed by atoms with van der Waals surface area (Å²) in [5.74, 6) is 0.856. The minimum absolute atomic E-state index is 0.189. The highest BCUT2D eigenvalue weighted by molar-refractivity contribution is 5.92. The van der Waals surface area contributed by atoms with Gasteiger partial charge in [-0.1, -0.05) is 25.5 Å². The number of hydrogen-bond donors (Lipinski definition) is 1. The molecule has 3 heterocycles. The molecule has 3 aromatic heterocycles. The monoisotopic (exact) mass is 461 g/mol. The van der Waals surface area contributed by atoms with Gasteiger partial charge in [0.2, 0.25) is 0 Å². The van der Waals surface area contributed by atoms with Gasteiger partial charge in [0.15, 0.2) is 11.6 Å². The van der Waals surface area contributed by atoms with Crippen LogP contribution in [0.15, 0.2) is 45.1 Å². The number of H-pyrrole nitrogens is 1. The van der Waals surface area contributed by atoms with Gasteiger partial charge >= 0.3 is 5.88 Å². The van der Waals surface area contributed by atoms with E-state index in [1.54, 1.807) is 6.07 Å². The molecular formula is C25H27N5O4. The van der Waals surface area contributed by atoms with E-state index in [2.05, 4.69) is 29.9 Å². The first-order valence-corrected chi connectivity index (χ1v) is 11.7. The van der Waals surface area contributed by atoms with Crippen molar-refractivity contribution in [3.63, 3.8) is 0 Å². The predicted molar refractivity (Wildman–Crippen MR) is 130 cm³/mol. The van der Waals surface area contributed by atoms with E-state index in [1.807, 2.05) is 16.7 Å². The highest BCUT2D eigenvalue weighted by Crippen LogP contribution is 2.31. The van der Waals surface area contributed by atoms with Crippen molar-refractivity contribution in [3.8, 4) is 11.6 Å². The molecule has 0 spiro atoms. The lowest BCUT2D eigenvalue weighted by molar-refractivity contribution is -0.401. The van der Waals surface area contributed by atoms with Gasteiger partial charge in [-0.05, 0) is 62.6 Å². The number of rotatable bonds is 7. The average molecular weight is 462 g/mol. The van der Waals surface area contributed by atoms with E-state index in [1.165, 1.54) is 24.5 Å². The molecule has 0 atom stereocenters. The molecule has 0 radical (unpaired) electrons. The summed E-state index contributed by atoms with van der Waals surface area (Å²) in [7, 11) is 0. The Balaban J connectivity index is 1.65. The minimum Gasteiger partial charge on any atom is -0.397 e. The molecule has 34 heavy (non-hydrogen) atoms. The molecule has 1 aliphatic carbocycles. The molecule has 4 aromatic rings. The molecule has 0 aliphatic heterocycles. The normalized spacial score (nSPS) is 14.3. The maximum Gasteiger partial charge on any atom is 0.433 e. The van der Waals surface area contributed by atoms with Gasteiger partial charge in [-0.25, -0.2) is 9.97 Å². The highest BCUT2D eigenvalue weighted by atomic mass is 16.6. The number of imidazole rings is 1. The topological polar surface area (TPSA) is 120 Å². The molecule has 9 heteroatoms. The fraction of sp³-hybridized carbons (Fsp3) is 0.400. The van der Waals surface area contributed by atoms with Gasteiger partial charge in [-0.15, -0.1) is 0 Å². The first-order chi connectivity index (χ1) is 16.4. The Labute approximate surface area is 195 Å². The Bertz CT molecular complexity index is 1470. The van der Waals surface area contributed by atoms with E-state index in [0.717, 1.165) is 24.8 Å². The largest absolute Gasteiger partial charge is 0.433 e. The lowest BCUT2D eigenvalue weighted by Gasteiger charge is -2.14. The lowest BCUT2D eigenvalue weighted by atomic mass is 9.97. The Morgan fingerprint density at radius 2 is 2.06 bits per heavy atom. The van der Waals surface area contributed by atoms with Crippen molar-refractivity contribution in [1.82, 2.24) is 19.5 Å². The van der Waals surface area contributed by atoms with Crippen molar-refractivity contribution in [2.75, 3.05) is 0 Å². The Morgan fingerprint density at radius 1 is 1.21 bits per heavy atom. The van der Waals surface area contributed by atoms with Crippen molar-refractivity contribution in [2.45, 2.75) is 58.9 Å². The van der Waals surface area contributed by atoms with Crippen LogP contribution in [-0.4, -0.2) is 24.4 Å². The van der Waals surface area contributed by atoms with Crippen molar-refractivity contribution in [3.05, 3.63) is 62.1 Å². The Kier molecular flexibility index (Phi) is 5.77. The maximum absolute atomic E-state index is 12.5. The number of nitrogens with zero attached hydrogens (tertiary/aromatic N) is 4. The summed E-state index contributed by atoms with van der Waals surface area (Å²) in [4.78, 5) is 35.5. The molecule has 1 aromatic carbocycles. The van der Waals surface area contributed by atoms with Crippen LogP contribution in [0.3, 0.4) is 0 Å². The molecular weight excluding hydrogens is 434 g/mol. The third-order valence-corrected chi connectivity index (χ3v) is 6.27. The van der Waals surface area contributed by atoms with Gasteiger partial charge in [-0.2, -0.15) is 0 Å². The van der Waals surface area contributed by atoms with Crippen LogP contribution < -0.4 is 5.56 Å². The maximum atomic E-state index is 12.5. The van der Waals surface area contributed by atoms with Crippen molar-refractivity contribution in [2.24, 2.45) is 5.92 Å². The molecule has 0 saturated heterocycles. The number of nitro groups is 1. The van der Waals surface area contributed by atoms with Crippen molar-refractivity contribution < 1.29 is 9.34 Å². The molecule has 0 fully saturated rings. The summed E-state index contributed by atoms with van der Waals surface area (Å²) in [5.41, 5.74) is 4.58. The number of fused-ring (bicyclic) bond motifs is 2. The summed E-state index contributed by atoms with van der Waals surface area (Å²) in [5, 5.41) is 11.2.